The maximum Gasteiger partial charge on any atom is 0.303 e. The molecule has 0 radical (unpaired) electrons. The average Bonchev–Trinajstić information content (AvgIpc) is 2.38. The molecular weight excluding hydrogens is 228 g/mol. The van der Waals surface area contributed by atoms with Gasteiger partial charge in [0.1, 0.15) is 0 Å². The zero-order chi connectivity index (χ0) is 12.8. The third-order valence-electron chi connectivity index (χ3n) is 3.58. The molecule has 1 fully saturated rings. The molecule has 0 saturated carbocycles. The fraction of sp³-hybridized carbons (Fsp3) is 0.571. The number of rotatable bonds is 5. The molecule has 0 bridgehead atoms. The number of hydrogen-bond acceptors (Lipinski definition) is 3. The summed E-state index contributed by atoms with van der Waals surface area (Å²) >= 11 is 0. The SMILES string of the molecule is O=C(O)CC1CCN(CCc2ccccn2)CC1. The average molecular weight is 248 g/mol. The van der Waals surface area contributed by atoms with Gasteiger partial charge in [-0.15, -0.1) is 0 Å². The zero-order valence-corrected chi connectivity index (χ0v) is 10.6. The van der Waals surface area contributed by atoms with Crippen molar-refractivity contribution in [1.82, 2.24) is 9.88 Å². The molecule has 1 aromatic heterocycles. The van der Waals surface area contributed by atoms with E-state index in [-0.39, 0.29) is 0 Å². The largest absolute Gasteiger partial charge is 0.481 e. The number of pyridine rings is 1. The van der Waals surface area contributed by atoms with E-state index in [9.17, 15) is 4.79 Å². The minimum absolute atomic E-state index is 0.327. The molecule has 2 rings (SSSR count). The summed E-state index contributed by atoms with van der Waals surface area (Å²) in [6, 6.07) is 6.00. The summed E-state index contributed by atoms with van der Waals surface area (Å²) in [6.45, 7) is 3.06. The van der Waals surface area contributed by atoms with Crippen LogP contribution >= 0.6 is 0 Å². The molecule has 98 valence electrons. The van der Waals surface area contributed by atoms with Gasteiger partial charge in [-0.1, -0.05) is 6.07 Å². The van der Waals surface area contributed by atoms with Crippen LogP contribution in [0.1, 0.15) is 25.0 Å². The van der Waals surface area contributed by atoms with E-state index in [1.54, 1.807) is 0 Å². The van der Waals surface area contributed by atoms with Gasteiger partial charge in [0.15, 0.2) is 0 Å². The van der Waals surface area contributed by atoms with Gasteiger partial charge in [-0.2, -0.15) is 0 Å². The van der Waals surface area contributed by atoms with E-state index in [0.717, 1.165) is 44.6 Å². The van der Waals surface area contributed by atoms with Gasteiger partial charge in [0.2, 0.25) is 0 Å². The number of likely N-dealkylation sites (tertiary alicyclic amines) is 1. The number of piperidine rings is 1. The number of carbonyl (C=O) groups is 1. The Hall–Kier alpha value is -1.42. The molecule has 1 aromatic rings. The molecule has 0 amide bonds. The highest BCUT2D eigenvalue weighted by molar-refractivity contribution is 5.67. The van der Waals surface area contributed by atoms with E-state index < -0.39 is 5.97 Å². The van der Waals surface area contributed by atoms with Crippen molar-refractivity contribution in [1.29, 1.82) is 0 Å². The molecule has 1 aliphatic heterocycles. The monoisotopic (exact) mass is 248 g/mol. The predicted molar refractivity (Wildman–Crippen MR) is 69.4 cm³/mol. The molecule has 1 aliphatic rings. The van der Waals surface area contributed by atoms with E-state index in [4.69, 9.17) is 5.11 Å². The van der Waals surface area contributed by atoms with E-state index in [1.807, 2.05) is 18.3 Å². The Labute approximate surface area is 108 Å². The van der Waals surface area contributed by atoms with Crippen LogP contribution in [0.15, 0.2) is 24.4 Å². The highest BCUT2D eigenvalue weighted by atomic mass is 16.4. The first-order valence-electron chi connectivity index (χ1n) is 6.58. The fourth-order valence-corrected chi connectivity index (χ4v) is 2.48. The van der Waals surface area contributed by atoms with Crippen LogP contribution in [0.5, 0.6) is 0 Å². The summed E-state index contributed by atoms with van der Waals surface area (Å²) in [7, 11) is 0. The van der Waals surface area contributed by atoms with Crippen molar-refractivity contribution in [3.63, 3.8) is 0 Å². The predicted octanol–water partition coefficient (Wildman–Crippen LogP) is 1.81. The molecule has 0 aliphatic carbocycles. The van der Waals surface area contributed by atoms with Crippen LogP contribution in [0.25, 0.3) is 0 Å². The Bertz CT molecular complexity index is 373. The minimum atomic E-state index is -0.665. The van der Waals surface area contributed by atoms with Gasteiger partial charge in [0, 0.05) is 31.3 Å². The van der Waals surface area contributed by atoms with Gasteiger partial charge in [0.05, 0.1) is 0 Å². The molecule has 2 heterocycles. The molecule has 1 saturated heterocycles. The van der Waals surface area contributed by atoms with Crippen molar-refractivity contribution in [3.8, 4) is 0 Å². The second kappa shape index (κ2) is 6.50. The number of carboxylic acid groups (broad SMARTS) is 1. The lowest BCUT2D eigenvalue weighted by Gasteiger charge is -2.31. The van der Waals surface area contributed by atoms with Gasteiger partial charge < -0.3 is 10.0 Å². The topological polar surface area (TPSA) is 53.4 Å². The lowest BCUT2D eigenvalue weighted by molar-refractivity contribution is -0.138. The van der Waals surface area contributed by atoms with Crippen LogP contribution in [0.4, 0.5) is 0 Å². The summed E-state index contributed by atoms with van der Waals surface area (Å²) in [5, 5.41) is 8.76. The molecule has 0 aromatic carbocycles. The van der Waals surface area contributed by atoms with Crippen LogP contribution in [-0.2, 0) is 11.2 Å². The fourth-order valence-electron chi connectivity index (χ4n) is 2.48. The number of hydrogen-bond donors (Lipinski definition) is 1. The number of aromatic nitrogens is 1. The molecule has 0 spiro atoms. The third kappa shape index (κ3) is 4.11. The maximum atomic E-state index is 10.6. The summed E-state index contributed by atoms with van der Waals surface area (Å²) in [6.07, 6.45) is 5.15. The lowest BCUT2D eigenvalue weighted by Crippen LogP contribution is -2.35. The smallest absolute Gasteiger partial charge is 0.303 e. The summed E-state index contributed by atoms with van der Waals surface area (Å²) < 4.78 is 0. The second-order valence-corrected chi connectivity index (χ2v) is 4.95. The molecule has 1 N–H and O–H groups in total. The first kappa shape index (κ1) is 13.0. The van der Waals surface area contributed by atoms with Gasteiger partial charge in [-0.3, -0.25) is 9.78 Å². The molecule has 4 heteroatoms. The van der Waals surface area contributed by atoms with Gasteiger partial charge in [-0.25, -0.2) is 0 Å². The normalized spacial score (nSPS) is 17.8. The Morgan fingerprint density at radius 1 is 1.39 bits per heavy atom. The Morgan fingerprint density at radius 3 is 2.78 bits per heavy atom. The highest BCUT2D eigenvalue weighted by Crippen LogP contribution is 2.20. The van der Waals surface area contributed by atoms with Gasteiger partial charge in [-0.05, 0) is 44.0 Å². The first-order chi connectivity index (χ1) is 8.74. The molecule has 0 unspecified atom stereocenters. The summed E-state index contributed by atoms with van der Waals surface area (Å²) in [5.74, 6) is -0.296. The van der Waals surface area contributed by atoms with Crippen molar-refractivity contribution < 1.29 is 9.90 Å². The Balaban J connectivity index is 1.69. The highest BCUT2D eigenvalue weighted by Gasteiger charge is 2.20. The van der Waals surface area contributed by atoms with Crippen molar-refractivity contribution in [2.75, 3.05) is 19.6 Å². The van der Waals surface area contributed by atoms with Crippen LogP contribution in [0, 0.1) is 5.92 Å². The summed E-state index contributed by atoms with van der Waals surface area (Å²) in [5.41, 5.74) is 1.13. The molecule has 0 atom stereocenters. The van der Waals surface area contributed by atoms with Crippen LogP contribution < -0.4 is 0 Å². The van der Waals surface area contributed by atoms with Gasteiger partial charge >= 0.3 is 5.97 Å². The van der Waals surface area contributed by atoms with Crippen molar-refractivity contribution in [3.05, 3.63) is 30.1 Å². The molecular formula is C14H20N2O2. The Kier molecular flexibility index (Phi) is 4.70. The first-order valence-corrected chi connectivity index (χ1v) is 6.58. The van der Waals surface area contributed by atoms with Crippen LogP contribution in [0.2, 0.25) is 0 Å². The number of nitrogens with zero attached hydrogens (tertiary/aromatic N) is 2. The third-order valence-corrected chi connectivity index (χ3v) is 3.58. The minimum Gasteiger partial charge on any atom is -0.481 e. The van der Waals surface area contributed by atoms with E-state index >= 15 is 0 Å². The standard InChI is InChI=1S/C14H20N2O2/c17-14(18)11-12-4-8-16(9-5-12)10-6-13-3-1-2-7-15-13/h1-3,7,12H,4-6,8-11H2,(H,17,18). The van der Waals surface area contributed by atoms with E-state index in [2.05, 4.69) is 16.0 Å². The zero-order valence-electron chi connectivity index (χ0n) is 10.6. The van der Waals surface area contributed by atoms with E-state index in [0.29, 0.717) is 12.3 Å². The number of aliphatic carboxylic acids is 1. The lowest BCUT2D eigenvalue weighted by atomic mass is 9.93. The maximum absolute atomic E-state index is 10.6. The molecule has 4 nitrogen and oxygen atoms in total. The summed E-state index contributed by atoms with van der Waals surface area (Å²) in [4.78, 5) is 17.4. The van der Waals surface area contributed by atoms with Crippen molar-refractivity contribution in [2.24, 2.45) is 5.92 Å². The number of carboxylic acids is 1. The van der Waals surface area contributed by atoms with Crippen molar-refractivity contribution in [2.45, 2.75) is 25.7 Å². The van der Waals surface area contributed by atoms with Crippen LogP contribution in [0.3, 0.4) is 0 Å². The van der Waals surface area contributed by atoms with Crippen molar-refractivity contribution >= 4 is 5.97 Å². The second-order valence-electron chi connectivity index (χ2n) is 4.95. The Morgan fingerprint density at radius 2 is 2.17 bits per heavy atom. The molecule has 18 heavy (non-hydrogen) atoms. The van der Waals surface area contributed by atoms with Gasteiger partial charge in [0.25, 0.3) is 0 Å². The van der Waals surface area contributed by atoms with Crippen LogP contribution in [-0.4, -0.2) is 40.6 Å². The quantitative estimate of drug-likeness (QED) is 0.863. The van der Waals surface area contributed by atoms with E-state index in [1.165, 1.54) is 0 Å².